The summed E-state index contributed by atoms with van der Waals surface area (Å²) >= 11 is 0. The van der Waals surface area contributed by atoms with Gasteiger partial charge in [-0.2, -0.15) is 0 Å². The van der Waals surface area contributed by atoms with E-state index in [0.29, 0.717) is 23.8 Å². The number of primary amides is 1. The van der Waals surface area contributed by atoms with Gasteiger partial charge in [-0.15, -0.1) is 0 Å². The van der Waals surface area contributed by atoms with E-state index >= 15 is 0 Å². The number of amides is 1. The molecule has 6 nitrogen and oxygen atoms in total. The Balaban J connectivity index is 1.94. The van der Waals surface area contributed by atoms with Crippen molar-refractivity contribution >= 4 is 22.8 Å². The number of fused-ring (bicyclic) bond motifs is 1. The van der Waals surface area contributed by atoms with Crippen LogP contribution in [0.5, 0.6) is 5.75 Å². The number of hydrogen-bond donors (Lipinski definition) is 2. The molecule has 3 N–H and O–H groups in total. The fourth-order valence-corrected chi connectivity index (χ4v) is 2.52. The van der Waals surface area contributed by atoms with Crippen molar-refractivity contribution in [2.24, 2.45) is 11.7 Å². The Labute approximate surface area is 127 Å². The van der Waals surface area contributed by atoms with Crippen molar-refractivity contribution < 1.29 is 19.1 Å². The summed E-state index contributed by atoms with van der Waals surface area (Å²) in [6, 6.07) is 5.41. The molecule has 0 radical (unpaired) electrons. The summed E-state index contributed by atoms with van der Waals surface area (Å²) in [7, 11) is 1.56. The maximum absolute atomic E-state index is 12.2. The number of H-pyrrole nitrogens is 1. The number of aromatic amines is 1. The molecule has 6 heteroatoms. The lowest BCUT2D eigenvalue weighted by atomic mass is 9.98. The number of nitrogens with two attached hydrogens (primary N) is 1. The average Bonchev–Trinajstić information content (AvgIpc) is 3.25. The van der Waals surface area contributed by atoms with Crippen LogP contribution >= 0.6 is 0 Å². The van der Waals surface area contributed by atoms with E-state index < -0.39 is 17.8 Å². The standard InChI is InChI=1S/C16H18N2O4/c1-21-12-4-2-3-10-11(7-18-14(10)12)13(15(17)19)16(20)22-8-9-5-6-9/h2-4,7,9,13,18H,5-6,8H2,1H3,(H2,17,19). The summed E-state index contributed by atoms with van der Waals surface area (Å²) in [6.07, 6.45) is 3.75. The first-order chi connectivity index (χ1) is 10.6. The number of aromatic nitrogens is 1. The van der Waals surface area contributed by atoms with Crippen molar-refractivity contribution in [1.29, 1.82) is 0 Å². The van der Waals surface area contributed by atoms with Crippen LogP contribution in [0, 0.1) is 5.92 Å². The number of carbonyl (C=O) groups is 2. The van der Waals surface area contributed by atoms with E-state index in [1.165, 1.54) is 0 Å². The zero-order valence-electron chi connectivity index (χ0n) is 12.3. The molecule has 1 heterocycles. The average molecular weight is 302 g/mol. The summed E-state index contributed by atoms with van der Waals surface area (Å²) in [5.41, 5.74) is 6.67. The lowest BCUT2D eigenvalue weighted by Gasteiger charge is -2.12. The number of para-hydroxylation sites is 1. The molecule has 1 aliphatic rings. The molecule has 1 aliphatic carbocycles. The van der Waals surface area contributed by atoms with Crippen LogP contribution in [0.25, 0.3) is 10.9 Å². The van der Waals surface area contributed by atoms with Gasteiger partial charge >= 0.3 is 5.97 Å². The van der Waals surface area contributed by atoms with Gasteiger partial charge in [-0.1, -0.05) is 12.1 Å². The second-order valence-corrected chi connectivity index (χ2v) is 5.54. The highest BCUT2D eigenvalue weighted by Crippen LogP contribution is 2.33. The van der Waals surface area contributed by atoms with Crippen LogP contribution in [0.15, 0.2) is 24.4 Å². The van der Waals surface area contributed by atoms with E-state index in [1.54, 1.807) is 25.4 Å². The van der Waals surface area contributed by atoms with Gasteiger partial charge in [0.2, 0.25) is 5.91 Å². The lowest BCUT2D eigenvalue weighted by molar-refractivity contribution is -0.148. The van der Waals surface area contributed by atoms with Gasteiger partial charge in [0.05, 0.1) is 19.2 Å². The zero-order valence-corrected chi connectivity index (χ0v) is 12.3. The fourth-order valence-electron chi connectivity index (χ4n) is 2.52. The summed E-state index contributed by atoms with van der Waals surface area (Å²) < 4.78 is 10.5. The van der Waals surface area contributed by atoms with Crippen LogP contribution in [0.4, 0.5) is 0 Å². The first-order valence-electron chi connectivity index (χ1n) is 7.21. The number of benzene rings is 1. The zero-order chi connectivity index (χ0) is 15.7. The Morgan fingerprint density at radius 2 is 2.18 bits per heavy atom. The topological polar surface area (TPSA) is 94.4 Å². The number of hydrogen-bond acceptors (Lipinski definition) is 4. The monoisotopic (exact) mass is 302 g/mol. The smallest absolute Gasteiger partial charge is 0.323 e. The van der Waals surface area contributed by atoms with Gasteiger partial charge in [-0.25, -0.2) is 0 Å². The van der Waals surface area contributed by atoms with Crippen molar-refractivity contribution in [2.45, 2.75) is 18.8 Å². The molecule has 3 rings (SSSR count). The highest BCUT2D eigenvalue weighted by atomic mass is 16.5. The molecule has 0 spiro atoms. The molecular formula is C16H18N2O4. The summed E-state index contributed by atoms with van der Waals surface area (Å²) in [5, 5.41) is 0.728. The number of esters is 1. The van der Waals surface area contributed by atoms with Crippen LogP contribution in [-0.2, 0) is 14.3 Å². The fraction of sp³-hybridized carbons (Fsp3) is 0.375. The second-order valence-electron chi connectivity index (χ2n) is 5.54. The van der Waals surface area contributed by atoms with Gasteiger partial charge in [0.15, 0.2) is 5.92 Å². The minimum atomic E-state index is -1.11. The molecule has 2 aromatic rings. The van der Waals surface area contributed by atoms with Crippen molar-refractivity contribution in [3.8, 4) is 5.75 Å². The molecule has 0 saturated heterocycles. The SMILES string of the molecule is COc1cccc2c(C(C(N)=O)C(=O)OCC3CC3)c[nH]c12. The van der Waals surface area contributed by atoms with Gasteiger partial charge in [0.25, 0.3) is 0 Å². The van der Waals surface area contributed by atoms with E-state index in [4.69, 9.17) is 15.2 Å². The summed E-state index contributed by atoms with van der Waals surface area (Å²) in [6.45, 7) is 0.355. The molecule has 0 aliphatic heterocycles. The minimum absolute atomic E-state index is 0.355. The largest absolute Gasteiger partial charge is 0.495 e. The van der Waals surface area contributed by atoms with Crippen LogP contribution in [0.1, 0.15) is 24.3 Å². The predicted molar refractivity (Wildman–Crippen MR) is 80.5 cm³/mol. The maximum Gasteiger partial charge on any atom is 0.323 e. The minimum Gasteiger partial charge on any atom is -0.495 e. The van der Waals surface area contributed by atoms with Crippen LogP contribution in [0.3, 0.4) is 0 Å². The predicted octanol–water partition coefficient (Wildman–Crippen LogP) is 1.70. The maximum atomic E-state index is 12.2. The highest BCUT2D eigenvalue weighted by molar-refractivity contribution is 6.06. The summed E-state index contributed by atoms with van der Waals surface area (Å²) in [5.74, 6) is -1.36. The molecular weight excluding hydrogens is 284 g/mol. The first-order valence-corrected chi connectivity index (χ1v) is 7.21. The van der Waals surface area contributed by atoms with Gasteiger partial charge in [0, 0.05) is 17.1 Å². The van der Waals surface area contributed by atoms with E-state index in [1.807, 2.05) is 6.07 Å². The Hall–Kier alpha value is -2.50. The number of methoxy groups -OCH3 is 1. The molecule has 0 bridgehead atoms. The Morgan fingerprint density at radius 1 is 1.41 bits per heavy atom. The normalized spacial score (nSPS) is 15.5. The van der Waals surface area contributed by atoms with E-state index in [9.17, 15) is 9.59 Å². The molecule has 1 unspecified atom stereocenters. The Kier molecular flexibility index (Phi) is 3.75. The Morgan fingerprint density at radius 3 is 2.82 bits per heavy atom. The molecule has 1 aromatic heterocycles. The number of nitrogens with one attached hydrogen (secondary N) is 1. The van der Waals surface area contributed by atoms with Gasteiger partial charge in [0.1, 0.15) is 5.75 Å². The van der Waals surface area contributed by atoms with Crippen molar-refractivity contribution in [2.75, 3.05) is 13.7 Å². The number of rotatable bonds is 6. The highest BCUT2D eigenvalue weighted by Gasteiger charge is 2.32. The molecule has 1 amide bonds. The van der Waals surface area contributed by atoms with Crippen molar-refractivity contribution in [1.82, 2.24) is 4.98 Å². The Bertz CT molecular complexity index is 718. The third kappa shape index (κ3) is 2.64. The van der Waals surface area contributed by atoms with Gasteiger partial charge in [-0.3, -0.25) is 9.59 Å². The van der Waals surface area contributed by atoms with Crippen molar-refractivity contribution in [3.63, 3.8) is 0 Å². The van der Waals surface area contributed by atoms with Crippen LogP contribution in [-0.4, -0.2) is 30.6 Å². The third-order valence-corrected chi connectivity index (χ3v) is 3.92. The molecule has 1 aromatic carbocycles. The molecule has 22 heavy (non-hydrogen) atoms. The summed E-state index contributed by atoms with van der Waals surface area (Å²) in [4.78, 5) is 27.1. The van der Waals surface area contributed by atoms with Crippen LogP contribution < -0.4 is 10.5 Å². The molecule has 1 fully saturated rings. The van der Waals surface area contributed by atoms with E-state index in [2.05, 4.69) is 4.98 Å². The molecule has 1 saturated carbocycles. The van der Waals surface area contributed by atoms with Crippen molar-refractivity contribution in [3.05, 3.63) is 30.0 Å². The molecule has 116 valence electrons. The number of ether oxygens (including phenoxy) is 2. The van der Waals surface area contributed by atoms with E-state index in [-0.39, 0.29) is 0 Å². The lowest BCUT2D eigenvalue weighted by Crippen LogP contribution is -2.30. The molecule has 1 atom stereocenters. The van der Waals surface area contributed by atoms with Gasteiger partial charge in [-0.05, 0) is 24.8 Å². The number of carbonyl (C=O) groups excluding carboxylic acids is 2. The van der Waals surface area contributed by atoms with Crippen LogP contribution in [0.2, 0.25) is 0 Å². The second kappa shape index (κ2) is 5.71. The first kappa shape index (κ1) is 14.4. The van der Waals surface area contributed by atoms with E-state index in [0.717, 1.165) is 23.7 Å². The van der Waals surface area contributed by atoms with Gasteiger partial charge < -0.3 is 20.2 Å². The quantitative estimate of drug-likeness (QED) is 0.627. The third-order valence-electron chi connectivity index (χ3n) is 3.92.